The minimum atomic E-state index is -4.78. The van der Waals surface area contributed by atoms with Gasteiger partial charge in [0, 0.05) is 27.8 Å². The van der Waals surface area contributed by atoms with Crippen LogP contribution in [0.15, 0.2) is 62.3 Å². The Labute approximate surface area is 166 Å². The summed E-state index contributed by atoms with van der Waals surface area (Å²) < 4.78 is 83.4. The van der Waals surface area contributed by atoms with E-state index in [0.29, 0.717) is 0 Å². The van der Waals surface area contributed by atoms with Gasteiger partial charge in [-0.1, -0.05) is 29.4 Å². The first kappa shape index (κ1) is 21.6. The summed E-state index contributed by atoms with van der Waals surface area (Å²) >= 11 is 0. The summed E-state index contributed by atoms with van der Waals surface area (Å²) in [5.74, 6) is -2.68. The minimum Gasteiger partial charge on any atom is -0.329 e. The first-order valence-corrected chi connectivity index (χ1v) is 10.1. The first-order chi connectivity index (χ1) is 14.0. The topological polar surface area (TPSA) is 85.4 Å². The third kappa shape index (κ3) is 4.70. The van der Waals surface area contributed by atoms with E-state index in [1.807, 2.05) is 0 Å². The molecule has 0 saturated heterocycles. The van der Waals surface area contributed by atoms with E-state index in [4.69, 9.17) is 0 Å². The molecular formula is C18H12F5N3O3S. The van der Waals surface area contributed by atoms with Gasteiger partial charge < -0.3 is 4.52 Å². The number of carbonyl (C=O) groups excluding carboxylic acids is 1. The monoisotopic (exact) mass is 445 g/mol. The van der Waals surface area contributed by atoms with Crippen LogP contribution in [0.1, 0.15) is 28.2 Å². The van der Waals surface area contributed by atoms with Crippen molar-refractivity contribution in [3.63, 3.8) is 0 Å². The van der Waals surface area contributed by atoms with E-state index in [1.54, 1.807) is 0 Å². The van der Waals surface area contributed by atoms with Crippen molar-refractivity contribution in [1.29, 1.82) is 0 Å². The number of amides is 1. The fourth-order valence-electron chi connectivity index (χ4n) is 2.35. The van der Waals surface area contributed by atoms with Gasteiger partial charge in [0.05, 0.1) is 9.73 Å². The fourth-order valence-corrected chi connectivity index (χ4v) is 3.52. The van der Waals surface area contributed by atoms with Crippen molar-refractivity contribution < 1.29 is 35.5 Å². The molecule has 1 atom stereocenters. The molecule has 0 bridgehead atoms. The van der Waals surface area contributed by atoms with Gasteiger partial charge in [0.1, 0.15) is 0 Å². The van der Waals surface area contributed by atoms with E-state index >= 15 is 0 Å². The second-order valence-corrected chi connectivity index (χ2v) is 8.33. The zero-order valence-corrected chi connectivity index (χ0v) is 15.9. The summed E-state index contributed by atoms with van der Waals surface area (Å²) in [5.41, 5.74) is -0.0892. The molecule has 6 nitrogen and oxygen atoms in total. The van der Waals surface area contributed by atoms with Crippen LogP contribution in [0.2, 0.25) is 0 Å². The Hall–Kier alpha value is -3.15. The molecule has 1 heterocycles. The van der Waals surface area contributed by atoms with Crippen LogP contribution in [-0.2, 0) is 15.9 Å². The van der Waals surface area contributed by atoms with Crippen LogP contribution in [-0.4, -0.2) is 26.5 Å². The van der Waals surface area contributed by atoms with Gasteiger partial charge in [-0.25, -0.2) is 13.0 Å². The lowest BCUT2D eigenvalue weighted by molar-refractivity contribution is -0.159. The molecule has 0 aliphatic rings. The molecule has 3 aromatic rings. The third-order valence-corrected chi connectivity index (χ3v) is 5.55. The predicted octanol–water partition coefficient (Wildman–Crippen LogP) is 4.99. The van der Waals surface area contributed by atoms with Crippen molar-refractivity contribution in [3.05, 3.63) is 65.5 Å². The van der Waals surface area contributed by atoms with E-state index in [0.717, 1.165) is 12.1 Å². The van der Waals surface area contributed by atoms with Crippen molar-refractivity contribution in [2.24, 2.45) is 4.36 Å². The Morgan fingerprint density at radius 1 is 1.07 bits per heavy atom. The maximum atomic E-state index is 12.7. The fraction of sp³-hybridized carbons (Fsp3) is 0.167. The van der Waals surface area contributed by atoms with Gasteiger partial charge in [-0.15, -0.1) is 0 Å². The average molecular weight is 445 g/mol. The van der Waals surface area contributed by atoms with Crippen molar-refractivity contribution in [2.75, 3.05) is 6.26 Å². The lowest BCUT2D eigenvalue weighted by atomic mass is 10.1. The summed E-state index contributed by atoms with van der Waals surface area (Å²) in [7, 11) is -3.21. The summed E-state index contributed by atoms with van der Waals surface area (Å²) in [5, 5.41) is 3.23. The van der Waals surface area contributed by atoms with Gasteiger partial charge >= 0.3 is 12.1 Å². The summed E-state index contributed by atoms with van der Waals surface area (Å²) in [6.07, 6.45) is -6.28. The molecular weight excluding hydrogens is 433 g/mol. The van der Waals surface area contributed by atoms with Gasteiger partial charge in [0.2, 0.25) is 5.82 Å². The molecule has 2 aromatic carbocycles. The molecule has 12 heteroatoms. The van der Waals surface area contributed by atoms with Gasteiger partial charge in [-0.05, 0) is 24.3 Å². The van der Waals surface area contributed by atoms with Crippen LogP contribution in [0.3, 0.4) is 0 Å². The molecule has 0 aliphatic carbocycles. The molecule has 0 fully saturated rings. The van der Waals surface area contributed by atoms with Crippen molar-refractivity contribution >= 4 is 15.6 Å². The number of benzene rings is 2. The lowest BCUT2D eigenvalue weighted by Crippen LogP contribution is -2.05. The second-order valence-electron chi connectivity index (χ2n) is 6.07. The van der Waals surface area contributed by atoms with E-state index in [9.17, 15) is 31.0 Å². The maximum Gasteiger partial charge on any atom is 0.471 e. The molecule has 3 rings (SSSR count). The molecule has 0 aliphatic heterocycles. The average Bonchev–Trinajstić information content (AvgIpc) is 3.18. The number of hydrogen-bond donors (Lipinski definition) is 0. The number of hydrogen-bond acceptors (Lipinski definition) is 5. The smallest absolute Gasteiger partial charge is 0.329 e. The Morgan fingerprint density at radius 3 is 2.17 bits per heavy atom. The van der Waals surface area contributed by atoms with E-state index in [2.05, 4.69) is 19.0 Å². The Kier molecular flexibility index (Phi) is 5.70. The number of rotatable bonds is 4. The van der Waals surface area contributed by atoms with Crippen LogP contribution < -0.4 is 0 Å². The molecule has 1 amide bonds. The molecule has 0 N–H and O–H groups in total. The van der Waals surface area contributed by atoms with Crippen LogP contribution in [0.4, 0.5) is 22.0 Å². The van der Waals surface area contributed by atoms with Crippen LogP contribution >= 0.6 is 0 Å². The zero-order valence-electron chi connectivity index (χ0n) is 15.1. The standard InChI is InChI=1S/C18H12F5N3O3S/c1-30(28,13-8-6-10(7-9-13)14(19)20)26-16(27)12-4-2-11(3-5-12)15-24-17(29-25-15)18(21,22)23/h2-9,14H,1H3. The van der Waals surface area contributed by atoms with Gasteiger partial charge in [0.25, 0.3) is 12.3 Å². The Bertz CT molecular complexity index is 1180. The highest BCUT2D eigenvalue weighted by atomic mass is 32.2. The summed E-state index contributed by atoms with van der Waals surface area (Å²) in [6, 6.07) is 9.66. The highest BCUT2D eigenvalue weighted by molar-refractivity contribution is 7.93. The number of carbonyl (C=O) groups is 1. The predicted molar refractivity (Wildman–Crippen MR) is 95.2 cm³/mol. The van der Waals surface area contributed by atoms with Crippen molar-refractivity contribution in [2.45, 2.75) is 17.5 Å². The Morgan fingerprint density at radius 2 is 1.67 bits per heavy atom. The van der Waals surface area contributed by atoms with E-state index in [1.165, 1.54) is 42.7 Å². The number of aromatic nitrogens is 2. The lowest BCUT2D eigenvalue weighted by Gasteiger charge is -2.06. The maximum absolute atomic E-state index is 12.7. The number of nitrogens with zero attached hydrogens (tertiary/aromatic N) is 3. The van der Waals surface area contributed by atoms with Crippen molar-refractivity contribution in [3.8, 4) is 11.4 Å². The summed E-state index contributed by atoms with van der Waals surface area (Å²) in [6.45, 7) is 0. The summed E-state index contributed by atoms with van der Waals surface area (Å²) in [4.78, 5) is 15.7. The number of halogens is 5. The van der Waals surface area contributed by atoms with Crippen LogP contribution in [0.5, 0.6) is 0 Å². The third-order valence-electron chi connectivity index (χ3n) is 3.89. The number of alkyl halides is 5. The zero-order chi connectivity index (χ0) is 22.1. The van der Waals surface area contributed by atoms with E-state index < -0.39 is 34.1 Å². The molecule has 0 spiro atoms. The highest BCUT2D eigenvalue weighted by Gasteiger charge is 2.38. The highest BCUT2D eigenvalue weighted by Crippen LogP contribution is 2.29. The molecule has 0 saturated carbocycles. The molecule has 0 radical (unpaired) electrons. The largest absolute Gasteiger partial charge is 0.471 e. The van der Waals surface area contributed by atoms with E-state index in [-0.39, 0.29) is 27.4 Å². The molecule has 1 aromatic heterocycles. The first-order valence-electron chi connectivity index (χ1n) is 8.13. The minimum absolute atomic E-state index is 0.0112. The van der Waals surface area contributed by atoms with Gasteiger partial charge in [0.15, 0.2) is 0 Å². The molecule has 1 unspecified atom stereocenters. The molecule has 30 heavy (non-hydrogen) atoms. The SMILES string of the molecule is CS(=O)(=NC(=O)c1ccc(-c2noc(C(F)(F)F)n2)cc1)c1ccc(C(F)F)cc1. The quantitative estimate of drug-likeness (QED) is 0.528. The van der Waals surface area contributed by atoms with Gasteiger partial charge in [-0.3, -0.25) is 4.79 Å². The Balaban J connectivity index is 1.83. The van der Waals surface area contributed by atoms with Crippen molar-refractivity contribution in [1.82, 2.24) is 10.1 Å². The van der Waals surface area contributed by atoms with Crippen LogP contribution in [0.25, 0.3) is 11.4 Å². The normalized spacial score (nSPS) is 13.8. The van der Waals surface area contributed by atoms with Crippen LogP contribution in [0, 0.1) is 0 Å². The second kappa shape index (κ2) is 7.94. The molecule has 158 valence electrons. The van der Waals surface area contributed by atoms with Gasteiger partial charge in [-0.2, -0.15) is 22.5 Å².